The molecule has 0 bridgehead atoms. The molecule has 0 radical (unpaired) electrons. The Morgan fingerprint density at radius 3 is 2.18 bits per heavy atom. The Balaban J connectivity index is 2.05. The minimum atomic E-state index is 0.604. The summed E-state index contributed by atoms with van der Waals surface area (Å²) >= 11 is 0. The highest BCUT2D eigenvalue weighted by Gasteiger charge is 2.24. The molecule has 1 atom stereocenters. The summed E-state index contributed by atoms with van der Waals surface area (Å²) in [5.74, 6) is 0. The van der Waals surface area contributed by atoms with Crippen molar-refractivity contribution in [1.29, 1.82) is 0 Å². The van der Waals surface area contributed by atoms with Gasteiger partial charge in [-0.05, 0) is 86.7 Å². The summed E-state index contributed by atoms with van der Waals surface area (Å²) < 4.78 is 0. The van der Waals surface area contributed by atoms with E-state index in [4.69, 9.17) is 0 Å². The first kappa shape index (κ1) is 11.3. The number of nitrogens with one attached hydrogen (secondary N) is 1. The standard InChI is InChI=1S/C16H23N/c1-11(17-2)9-16-14-7-3-5-12(14)10-13-6-4-8-15(13)16/h10-11,17H,3-9H2,1-2H3/t11-/m0/s1. The average Bonchev–Trinajstić information content (AvgIpc) is 2.96. The highest BCUT2D eigenvalue weighted by atomic mass is 14.8. The number of rotatable bonds is 3. The van der Waals surface area contributed by atoms with E-state index < -0.39 is 0 Å². The minimum absolute atomic E-state index is 0.604. The minimum Gasteiger partial charge on any atom is -0.317 e. The Morgan fingerprint density at radius 1 is 1.06 bits per heavy atom. The smallest absolute Gasteiger partial charge is 0.00763 e. The van der Waals surface area contributed by atoms with Gasteiger partial charge in [0.1, 0.15) is 0 Å². The van der Waals surface area contributed by atoms with Gasteiger partial charge in [0.15, 0.2) is 0 Å². The van der Waals surface area contributed by atoms with E-state index in [1.807, 2.05) is 0 Å². The third-order valence-corrected chi connectivity index (χ3v) is 4.60. The molecule has 0 amide bonds. The zero-order valence-corrected chi connectivity index (χ0v) is 11.1. The van der Waals surface area contributed by atoms with Crippen LogP contribution in [-0.2, 0) is 32.1 Å². The molecule has 2 aliphatic carbocycles. The summed E-state index contributed by atoms with van der Waals surface area (Å²) in [4.78, 5) is 0. The molecule has 0 saturated heterocycles. The second kappa shape index (κ2) is 4.45. The van der Waals surface area contributed by atoms with Gasteiger partial charge in [0.2, 0.25) is 0 Å². The topological polar surface area (TPSA) is 12.0 Å². The van der Waals surface area contributed by atoms with Crippen molar-refractivity contribution in [1.82, 2.24) is 5.32 Å². The summed E-state index contributed by atoms with van der Waals surface area (Å²) in [7, 11) is 2.08. The molecular formula is C16H23N. The first-order chi connectivity index (χ1) is 8.29. The van der Waals surface area contributed by atoms with Gasteiger partial charge in [0, 0.05) is 6.04 Å². The van der Waals surface area contributed by atoms with Crippen molar-refractivity contribution in [3.63, 3.8) is 0 Å². The van der Waals surface area contributed by atoms with E-state index in [0.717, 1.165) is 0 Å². The molecule has 17 heavy (non-hydrogen) atoms. The van der Waals surface area contributed by atoms with Crippen LogP contribution < -0.4 is 5.32 Å². The van der Waals surface area contributed by atoms with Crippen LogP contribution >= 0.6 is 0 Å². The first-order valence-electron chi connectivity index (χ1n) is 7.12. The molecule has 0 heterocycles. The maximum atomic E-state index is 3.40. The maximum absolute atomic E-state index is 3.40. The van der Waals surface area contributed by atoms with Crippen molar-refractivity contribution in [3.8, 4) is 0 Å². The largest absolute Gasteiger partial charge is 0.317 e. The summed E-state index contributed by atoms with van der Waals surface area (Å²) in [6.07, 6.45) is 9.27. The van der Waals surface area contributed by atoms with Crippen LogP contribution in [0.25, 0.3) is 0 Å². The number of likely N-dealkylation sites (N-methyl/N-ethyl adjacent to an activating group) is 1. The molecule has 0 aromatic heterocycles. The normalized spacial score (nSPS) is 19.2. The van der Waals surface area contributed by atoms with Crippen molar-refractivity contribution >= 4 is 0 Å². The maximum Gasteiger partial charge on any atom is 0.00763 e. The van der Waals surface area contributed by atoms with Gasteiger partial charge in [-0.2, -0.15) is 0 Å². The molecule has 1 heteroatoms. The van der Waals surface area contributed by atoms with Gasteiger partial charge in [-0.1, -0.05) is 6.07 Å². The van der Waals surface area contributed by atoms with Crippen LogP contribution in [0.4, 0.5) is 0 Å². The quantitative estimate of drug-likeness (QED) is 0.840. The molecule has 2 aliphatic rings. The van der Waals surface area contributed by atoms with Crippen molar-refractivity contribution < 1.29 is 0 Å². The monoisotopic (exact) mass is 229 g/mol. The zero-order chi connectivity index (χ0) is 11.8. The SMILES string of the molecule is CN[C@@H](C)Cc1c2c(cc3c1CCC3)CCC2. The van der Waals surface area contributed by atoms with E-state index in [0.29, 0.717) is 6.04 Å². The second-order valence-corrected chi connectivity index (χ2v) is 5.73. The lowest BCUT2D eigenvalue weighted by atomic mass is 9.90. The van der Waals surface area contributed by atoms with E-state index in [1.165, 1.54) is 44.9 Å². The van der Waals surface area contributed by atoms with Crippen LogP contribution in [-0.4, -0.2) is 13.1 Å². The Kier molecular flexibility index (Phi) is 2.96. The number of fused-ring (bicyclic) bond motifs is 2. The highest BCUT2D eigenvalue weighted by Crippen LogP contribution is 2.35. The van der Waals surface area contributed by atoms with Crippen LogP contribution in [0.15, 0.2) is 6.07 Å². The number of hydrogen-bond donors (Lipinski definition) is 1. The fraction of sp³-hybridized carbons (Fsp3) is 0.625. The Labute approximate surface area is 105 Å². The van der Waals surface area contributed by atoms with E-state index in [9.17, 15) is 0 Å². The lowest BCUT2D eigenvalue weighted by molar-refractivity contribution is 0.603. The lowest BCUT2D eigenvalue weighted by Crippen LogP contribution is -2.24. The average molecular weight is 229 g/mol. The molecule has 3 rings (SSSR count). The molecule has 1 N–H and O–H groups in total. The zero-order valence-electron chi connectivity index (χ0n) is 11.1. The lowest BCUT2D eigenvalue weighted by Gasteiger charge is -2.18. The molecule has 1 aromatic carbocycles. The number of aryl methyl sites for hydroxylation is 2. The number of hydrogen-bond acceptors (Lipinski definition) is 1. The molecule has 0 fully saturated rings. The van der Waals surface area contributed by atoms with E-state index in [1.54, 1.807) is 27.8 Å². The Morgan fingerprint density at radius 2 is 1.65 bits per heavy atom. The van der Waals surface area contributed by atoms with Gasteiger partial charge >= 0.3 is 0 Å². The van der Waals surface area contributed by atoms with Gasteiger partial charge < -0.3 is 5.32 Å². The van der Waals surface area contributed by atoms with Crippen molar-refractivity contribution in [3.05, 3.63) is 33.9 Å². The molecular weight excluding hydrogens is 206 g/mol. The van der Waals surface area contributed by atoms with E-state index in [-0.39, 0.29) is 0 Å². The number of benzene rings is 1. The fourth-order valence-electron chi connectivity index (χ4n) is 3.59. The summed E-state index contributed by atoms with van der Waals surface area (Å²) in [5.41, 5.74) is 8.49. The van der Waals surface area contributed by atoms with Crippen molar-refractivity contribution in [2.45, 2.75) is 57.9 Å². The molecule has 1 aromatic rings. The van der Waals surface area contributed by atoms with Gasteiger partial charge in [0.05, 0.1) is 0 Å². The van der Waals surface area contributed by atoms with Gasteiger partial charge in [0.25, 0.3) is 0 Å². The molecule has 0 aliphatic heterocycles. The van der Waals surface area contributed by atoms with Crippen LogP contribution in [0.1, 0.15) is 47.6 Å². The van der Waals surface area contributed by atoms with Crippen molar-refractivity contribution in [2.24, 2.45) is 0 Å². The van der Waals surface area contributed by atoms with E-state index in [2.05, 4.69) is 25.4 Å². The molecule has 0 unspecified atom stereocenters. The van der Waals surface area contributed by atoms with E-state index >= 15 is 0 Å². The second-order valence-electron chi connectivity index (χ2n) is 5.73. The van der Waals surface area contributed by atoms with Crippen LogP contribution in [0.5, 0.6) is 0 Å². The van der Waals surface area contributed by atoms with Crippen LogP contribution in [0.3, 0.4) is 0 Å². The molecule has 1 nitrogen and oxygen atoms in total. The predicted octanol–water partition coefficient (Wildman–Crippen LogP) is 2.81. The molecule has 0 spiro atoms. The summed E-state index contributed by atoms with van der Waals surface area (Å²) in [6, 6.07) is 3.13. The highest BCUT2D eigenvalue weighted by molar-refractivity contribution is 5.50. The Bertz CT molecular complexity index is 401. The van der Waals surface area contributed by atoms with Crippen LogP contribution in [0.2, 0.25) is 0 Å². The van der Waals surface area contributed by atoms with Gasteiger partial charge in [-0.25, -0.2) is 0 Å². The van der Waals surface area contributed by atoms with Gasteiger partial charge in [-0.3, -0.25) is 0 Å². The predicted molar refractivity (Wildman–Crippen MR) is 72.7 cm³/mol. The van der Waals surface area contributed by atoms with Crippen LogP contribution in [0, 0.1) is 0 Å². The molecule has 0 saturated carbocycles. The fourth-order valence-corrected chi connectivity index (χ4v) is 3.59. The third kappa shape index (κ3) is 1.91. The van der Waals surface area contributed by atoms with Crippen molar-refractivity contribution in [2.75, 3.05) is 7.05 Å². The van der Waals surface area contributed by atoms with Gasteiger partial charge in [-0.15, -0.1) is 0 Å². The Hall–Kier alpha value is -0.820. The summed E-state index contributed by atoms with van der Waals surface area (Å²) in [6.45, 7) is 2.30. The third-order valence-electron chi connectivity index (χ3n) is 4.60. The summed E-state index contributed by atoms with van der Waals surface area (Å²) in [5, 5.41) is 3.40. The first-order valence-corrected chi connectivity index (χ1v) is 7.12. The molecule has 92 valence electrons.